The highest BCUT2D eigenvalue weighted by atomic mass is 32.2. The van der Waals surface area contributed by atoms with Crippen LogP contribution in [0.5, 0.6) is 0 Å². The Hall–Kier alpha value is -3.23. The van der Waals surface area contributed by atoms with E-state index < -0.39 is 0 Å². The van der Waals surface area contributed by atoms with Crippen molar-refractivity contribution in [2.75, 3.05) is 11.9 Å². The van der Waals surface area contributed by atoms with Crippen LogP contribution >= 0.6 is 23.1 Å². The van der Waals surface area contributed by atoms with E-state index in [1.807, 2.05) is 30.3 Å². The highest BCUT2D eigenvalue weighted by Crippen LogP contribution is 2.31. The second kappa shape index (κ2) is 9.51. The van der Waals surface area contributed by atoms with Crippen molar-refractivity contribution in [1.29, 1.82) is 0 Å². The van der Waals surface area contributed by atoms with E-state index in [-0.39, 0.29) is 18.4 Å². The summed E-state index contributed by atoms with van der Waals surface area (Å²) in [6.07, 6.45) is 3.17. The summed E-state index contributed by atoms with van der Waals surface area (Å²) in [5, 5.41) is 5.30. The third-order valence-electron chi connectivity index (χ3n) is 4.21. The van der Waals surface area contributed by atoms with Gasteiger partial charge in [-0.2, -0.15) is 0 Å². The molecule has 0 saturated heterocycles. The van der Waals surface area contributed by atoms with Gasteiger partial charge in [-0.25, -0.2) is 4.98 Å². The van der Waals surface area contributed by atoms with Crippen LogP contribution in [0.3, 0.4) is 0 Å². The Bertz CT molecular complexity index is 1130. The number of hydrogen-bond acceptors (Lipinski definition) is 6. The maximum absolute atomic E-state index is 12.3. The number of aromatic nitrogens is 2. The molecule has 0 spiro atoms. The van der Waals surface area contributed by atoms with E-state index in [1.54, 1.807) is 59.8 Å². The Morgan fingerprint density at radius 2 is 1.83 bits per heavy atom. The number of carbonyl (C=O) groups excluding carboxylic acids is 2. The number of para-hydroxylation sites is 1. The third kappa shape index (κ3) is 5.22. The molecule has 2 amide bonds. The van der Waals surface area contributed by atoms with Gasteiger partial charge in [0, 0.05) is 17.5 Å². The topological polar surface area (TPSA) is 84.0 Å². The molecule has 0 aliphatic rings. The molecule has 0 aliphatic carbocycles. The van der Waals surface area contributed by atoms with Crippen LogP contribution in [0.4, 0.5) is 5.69 Å². The molecule has 4 aromatic rings. The zero-order valence-electron chi connectivity index (χ0n) is 15.9. The number of nitrogens with zero attached hydrogens (tertiary/aromatic N) is 2. The minimum Gasteiger partial charge on any atom is -0.343 e. The second-order valence-corrected chi connectivity index (χ2v) is 8.66. The molecule has 6 nitrogen and oxygen atoms in total. The van der Waals surface area contributed by atoms with Crippen molar-refractivity contribution >= 4 is 50.8 Å². The van der Waals surface area contributed by atoms with Gasteiger partial charge in [-0.3, -0.25) is 14.6 Å². The SMILES string of the molecule is O=C(CNC(=O)c1ccc(CSc2nc3ccccc3s2)cc1)Nc1cccnc1. The summed E-state index contributed by atoms with van der Waals surface area (Å²) in [6.45, 7) is -0.108. The van der Waals surface area contributed by atoms with Crippen molar-refractivity contribution in [2.24, 2.45) is 0 Å². The average Bonchev–Trinajstić information content (AvgIpc) is 3.20. The summed E-state index contributed by atoms with van der Waals surface area (Å²) in [5.74, 6) is 0.178. The highest BCUT2D eigenvalue weighted by Gasteiger charge is 2.09. The number of amides is 2. The molecule has 0 radical (unpaired) electrons. The number of pyridine rings is 1. The van der Waals surface area contributed by atoms with E-state index in [0.29, 0.717) is 11.3 Å². The van der Waals surface area contributed by atoms with E-state index in [0.717, 1.165) is 21.2 Å². The first-order valence-electron chi connectivity index (χ1n) is 9.23. The van der Waals surface area contributed by atoms with Crippen LogP contribution in [0.2, 0.25) is 0 Å². The quantitative estimate of drug-likeness (QED) is 0.423. The highest BCUT2D eigenvalue weighted by molar-refractivity contribution is 8.00. The van der Waals surface area contributed by atoms with Crippen LogP contribution in [0.1, 0.15) is 15.9 Å². The summed E-state index contributed by atoms with van der Waals surface area (Å²) in [7, 11) is 0. The molecule has 0 saturated carbocycles. The van der Waals surface area contributed by atoms with Gasteiger partial charge >= 0.3 is 0 Å². The standard InChI is InChI=1S/C22H18N4O2S2/c27-20(25-17-4-3-11-23-12-17)13-24-21(28)16-9-7-15(8-10-16)14-29-22-26-18-5-1-2-6-19(18)30-22/h1-12H,13-14H2,(H,24,28)(H,25,27). The molecule has 150 valence electrons. The van der Waals surface area contributed by atoms with E-state index in [4.69, 9.17) is 0 Å². The number of fused-ring (bicyclic) bond motifs is 1. The smallest absolute Gasteiger partial charge is 0.251 e. The zero-order chi connectivity index (χ0) is 20.8. The maximum Gasteiger partial charge on any atom is 0.251 e. The van der Waals surface area contributed by atoms with Crippen LogP contribution in [0.15, 0.2) is 77.4 Å². The van der Waals surface area contributed by atoms with Gasteiger partial charge in [0.05, 0.1) is 28.6 Å². The van der Waals surface area contributed by atoms with Crippen LogP contribution < -0.4 is 10.6 Å². The molecular weight excluding hydrogens is 416 g/mol. The van der Waals surface area contributed by atoms with Crippen molar-refractivity contribution in [2.45, 2.75) is 10.1 Å². The van der Waals surface area contributed by atoms with E-state index >= 15 is 0 Å². The number of carbonyl (C=O) groups is 2. The number of nitrogens with one attached hydrogen (secondary N) is 2. The number of rotatable bonds is 7. The normalized spacial score (nSPS) is 10.7. The van der Waals surface area contributed by atoms with Crippen LogP contribution in [-0.2, 0) is 10.5 Å². The lowest BCUT2D eigenvalue weighted by Crippen LogP contribution is -2.32. The number of anilines is 1. The summed E-state index contributed by atoms with van der Waals surface area (Å²) in [4.78, 5) is 32.7. The molecule has 0 aliphatic heterocycles. The first-order valence-corrected chi connectivity index (χ1v) is 11.0. The second-order valence-electron chi connectivity index (χ2n) is 6.41. The monoisotopic (exact) mass is 434 g/mol. The predicted octanol–water partition coefficient (Wildman–Crippen LogP) is 4.35. The van der Waals surface area contributed by atoms with E-state index in [9.17, 15) is 9.59 Å². The maximum atomic E-state index is 12.3. The molecule has 0 fully saturated rings. The van der Waals surface area contributed by atoms with Crippen molar-refractivity contribution < 1.29 is 9.59 Å². The van der Waals surface area contributed by atoms with Crippen LogP contribution in [0, 0.1) is 0 Å². The zero-order valence-corrected chi connectivity index (χ0v) is 17.5. The molecule has 2 aromatic carbocycles. The lowest BCUT2D eigenvalue weighted by atomic mass is 10.1. The van der Waals surface area contributed by atoms with Crippen molar-refractivity contribution in [1.82, 2.24) is 15.3 Å². The Labute approximate surface area is 181 Å². The van der Waals surface area contributed by atoms with Gasteiger partial charge in [0.25, 0.3) is 5.91 Å². The summed E-state index contributed by atoms with van der Waals surface area (Å²) in [6, 6.07) is 18.9. The fourth-order valence-corrected chi connectivity index (χ4v) is 4.74. The number of benzene rings is 2. The van der Waals surface area contributed by atoms with Gasteiger partial charge in [-0.05, 0) is 42.0 Å². The van der Waals surface area contributed by atoms with Crippen LogP contribution in [-0.4, -0.2) is 28.3 Å². The molecule has 0 atom stereocenters. The Morgan fingerprint density at radius 1 is 1.00 bits per heavy atom. The molecule has 2 aromatic heterocycles. The Balaban J connectivity index is 1.27. The number of thiazole rings is 1. The average molecular weight is 435 g/mol. The summed E-state index contributed by atoms with van der Waals surface area (Å²) in [5.41, 5.74) is 3.22. The molecule has 4 rings (SSSR count). The lowest BCUT2D eigenvalue weighted by Gasteiger charge is -2.07. The summed E-state index contributed by atoms with van der Waals surface area (Å²) < 4.78 is 2.21. The number of hydrogen-bond donors (Lipinski definition) is 2. The molecule has 0 unspecified atom stereocenters. The van der Waals surface area contributed by atoms with Gasteiger partial charge < -0.3 is 10.6 Å². The predicted molar refractivity (Wildman–Crippen MR) is 121 cm³/mol. The summed E-state index contributed by atoms with van der Waals surface area (Å²) >= 11 is 3.36. The Morgan fingerprint density at radius 3 is 2.60 bits per heavy atom. The molecular formula is C22H18N4O2S2. The minimum absolute atomic E-state index is 0.108. The molecule has 8 heteroatoms. The molecule has 0 bridgehead atoms. The van der Waals surface area contributed by atoms with E-state index in [2.05, 4.69) is 26.7 Å². The van der Waals surface area contributed by atoms with Crippen LogP contribution in [0.25, 0.3) is 10.2 Å². The van der Waals surface area contributed by atoms with Gasteiger partial charge in [0.2, 0.25) is 5.91 Å². The van der Waals surface area contributed by atoms with Gasteiger partial charge in [-0.1, -0.05) is 36.0 Å². The van der Waals surface area contributed by atoms with Gasteiger partial charge in [-0.15, -0.1) is 11.3 Å². The largest absolute Gasteiger partial charge is 0.343 e. The molecule has 2 N–H and O–H groups in total. The Kier molecular flexibility index (Phi) is 6.36. The van der Waals surface area contributed by atoms with Gasteiger partial charge in [0.1, 0.15) is 0 Å². The lowest BCUT2D eigenvalue weighted by molar-refractivity contribution is -0.115. The van der Waals surface area contributed by atoms with Crippen molar-refractivity contribution in [3.63, 3.8) is 0 Å². The fraction of sp³-hybridized carbons (Fsp3) is 0.0909. The minimum atomic E-state index is -0.305. The first kappa shape index (κ1) is 20.1. The third-order valence-corrected chi connectivity index (χ3v) is 6.46. The van der Waals surface area contributed by atoms with E-state index in [1.165, 1.54) is 4.70 Å². The van der Waals surface area contributed by atoms with Crippen molar-refractivity contribution in [3.05, 3.63) is 84.2 Å². The number of thioether (sulfide) groups is 1. The fourth-order valence-electron chi connectivity index (χ4n) is 2.71. The molecule has 30 heavy (non-hydrogen) atoms. The first-order chi connectivity index (χ1) is 14.7. The molecule has 2 heterocycles. The van der Waals surface area contributed by atoms with Crippen molar-refractivity contribution in [3.8, 4) is 0 Å². The van der Waals surface area contributed by atoms with Gasteiger partial charge in [0.15, 0.2) is 4.34 Å².